The smallest absolute Gasteiger partial charge is 0.407 e. The number of hydrogen-bond donors (Lipinski definition) is 3. The Kier molecular flexibility index (Phi) is 6.95. The lowest BCUT2D eigenvalue weighted by molar-refractivity contribution is -0.149. The average Bonchev–Trinajstić information content (AvgIpc) is 3.11. The maximum atomic E-state index is 12.1. The number of amides is 2. The first-order chi connectivity index (χ1) is 14.9. The van der Waals surface area contributed by atoms with Crippen LogP contribution in [-0.4, -0.2) is 42.8 Å². The Labute approximate surface area is 181 Å². The van der Waals surface area contributed by atoms with E-state index in [2.05, 4.69) is 22.8 Å². The fourth-order valence-corrected chi connectivity index (χ4v) is 4.01. The van der Waals surface area contributed by atoms with Crippen LogP contribution in [0.25, 0.3) is 11.1 Å². The number of hydrogen-bond acceptors (Lipinski definition) is 4. The van der Waals surface area contributed by atoms with Crippen LogP contribution in [0.2, 0.25) is 0 Å². The van der Waals surface area contributed by atoms with Gasteiger partial charge in [0.2, 0.25) is 5.91 Å². The second-order valence-electron chi connectivity index (χ2n) is 7.75. The highest BCUT2D eigenvalue weighted by atomic mass is 16.5. The van der Waals surface area contributed by atoms with E-state index in [4.69, 9.17) is 4.74 Å². The van der Waals surface area contributed by atoms with Crippen LogP contribution in [0.3, 0.4) is 0 Å². The third kappa shape index (κ3) is 4.71. The van der Waals surface area contributed by atoms with Gasteiger partial charge in [-0.05, 0) is 35.1 Å². The van der Waals surface area contributed by atoms with Crippen molar-refractivity contribution in [2.45, 2.75) is 32.6 Å². The van der Waals surface area contributed by atoms with Crippen molar-refractivity contribution >= 4 is 18.0 Å². The SMILES string of the molecule is CCC(CC)(CNC(=O)CNC(=O)OCC1c2ccccc2-c2ccccc21)C(=O)O. The summed E-state index contributed by atoms with van der Waals surface area (Å²) in [6.45, 7) is 3.45. The van der Waals surface area contributed by atoms with Crippen molar-refractivity contribution in [3.63, 3.8) is 0 Å². The molecule has 0 radical (unpaired) electrons. The van der Waals surface area contributed by atoms with Gasteiger partial charge in [0.05, 0.1) is 12.0 Å². The van der Waals surface area contributed by atoms with Gasteiger partial charge in [0.1, 0.15) is 6.61 Å². The molecule has 7 heteroatoms. The van der Waals surface area contributed by atoms with Crippen molar-refractivity contribution in [1.82, 2.24) is 10.6 Å². The first-order valence-electron chi connectivity index (χ1n) is 10.5. The summed E-state index contributed by atoms with van der Waals surface area (Å²) in [5.74, 6) is -1.46. The highest BCUT2D eigenvalue weighted by Gasteiger charge is 2.35. The van der Waals surface area contributed by atoms with E-state index in [0.29, 0.717) is 12.8 Å². The summed E-state index contributed by atoms with van der Waals surface area (Å²) < 4.78 is 5.39. The van der Waals surface area contributed by atoms with Gasteiger partial charge in [-0.3, -0.25) is 9.59 Å². The summed E-state index contributed by atoms with van der Waals surface area (Å²) in [5, 5.41) is 14.5. The predicted molar refractivity (Wildman–Crippen MR) is 117 cm³/mol. The normalized spacial score (nSPS) is 12.6. The van der Waals surface area contributed by atoms with E-state index in [-0.39, 0.29) is 25.6 Å². The number of rotatable bonds is 9. The minimum absolute atomic E-state index is 0.0144. The van der Waals surface area contributed by atoms with E-state index in [0.717, 1.165) is 22.3 Å². The van der Waals surface area contributed by atoms with E-state index < -0.39 is 23.4 Å². The first-order valence-corrected chi connectivity index (χ1v) is 10.5. The number of benzene rings is 2. The molecule has 3 rings (SSSR count). The second kappa shape index (κ2) is 9.64. The number of aliphatic carboxylic acids is 1. The van der Waals surface area contributed by atoms with Gasteiger partial charge in [-0.1, -0.05) is 62.4 Å². The summed E-state index contributed by atoms with van der Waals surface area (Å²) in [5.41, 5.74) is 3.50. The summed E-state index contributed by atoms with van der Waals surface area (Å²) in [7, 11) is 0. The third-order valence-electron chi connectivity index (χ3n) is 6.17. The number of alkyl carbamates (subject to hydrolysis) is 1. The molecule has 0 atom stereocenters. The Morgan fingerprint density at radius 2 is 1.48 bits per heavy atom. The van der Waals surface area contributed by atoms with E-state index >= 15 is 0 Å². The molecule has 3 N–H and O–H groups in total. The Hall–Kier alpha value is -3.35. The molecule has 0 spiro atoms. The Bertz CT molecular complexity index is 922. The van der Waals surface area contributed by atoms with Gasteiger partial charge < -0.3 is 20.5 Å². The maximum absolute atomic E-state index is 12.1. The molecule has 1 aliphatic rings. The van der Waals surface area contributed by atoms with Crippen molar-refractivity contribution in [2.24, 2.45) is 5.41 Å². The average molecular weight is 424 g/mol. The molecule has 0 saturated heterocycles. The van der Waals surface area contributed by atoms with Crippen molar-refractivity contribution < 1.29 is 24.2 Å². The molecule has 0 aromatic heterocycles. The number of carbonyl (C=O) groups excluding carboxylic acids is 2. The van der Waals surface area contributed by atoms with Crippen LogP contribution >= 0.6 is 0 Å². The van der Waals surface area contributed by atoms with Crippen LogP contribution in [-0.2, 0) is 14.3 Å². The highest BCUT2D eigenvalue weighted by molar-refractivity contribution is 5.83. The molecule has 7 nitrogen and oxygen atoms in total. The van der Waals surface area contributed by atoms with Crippen LogP contribution in [0.1, 0.15) is 43.7 Å². The maximum Gasteiger partial charge on any atom is 0.407 e. The monoisotopic (exact) mass is 424 g/mol. The quantitative estimate of drug-likeness (QED) is 0.571. The summed E-state index contributed by atoms with van der Waals surface area (Å²) >= 11 is 0. The molecule has 2 amide bonds. The zero-order valence-electron chi connectivity index (χ0n) is 17.8. The van der Waals surface area contributed by atoms with Crippen molar-refractivity contribution in [1.29, 1.82) is 0 Å². The first kappa shape index (κ1) is 22.3. The van der Waals surface area contributed by atoms with Crippen LogP contribution in [0.5, 0.6) is 0 Å². The molecule has 2 aromatic rings. The van der Waals surface area contributed by atoms with Gasteiger partial charge in [-0.15, -0.1) is 0 Å². The standard InChI is InChI=1S/C24H28N2O5/c1-3-24(4-2,22(28)29)15-26-21(27)13-25-23(30)31-14-20-18-11-7-5-9-16(18)17-10-6-8-12-19(17)20/h5-12,20H,3-4,13-15H2,1-2H3,(H,25,30)(H,26,27)(H,28,29). The largest absolute Gasteiger partial charge is 0.481 e. The van der Waals surface area contributed by atoms with E-state index in [1.54, 1.807) is 13.8 Å². The van der Waals surface area contributed by atoms with Gasteiger partial charge in [0.15, 0.2) is 0 Å². The number of carboxylic acids is 1. The predicted octanol–water partition coefficient (Wildman–Crippen LogP) is 3.53. The molecule has 0 saturated carbocycles. The minimum atomic E-state index is -1.00. The molecule has 0 unspecified atom stereocenters. The van der Waals surface area contributed by atoms with Crippen molar-refractivity contribution in [3.05, 3.63) is 59.7 Å². The molecule has 0 fully saturated rings. The minimum Gasteiger partial charge on any atom is -0.481 e. The van der Waals surface area contributed by atoms with E-state index in [1.165, 1.54) is 0 Å². The van der Waals surface area contributed by atoms with E-state index in [9.17, 15) is 19.5 Å². The summed E-state index contributed by atoms with van der Waals surface area (Å²) in [4.78, 5) is 35.7. The van der Waals surface area contributed by atoms with Gasteiger partial charge in [0, 0.05) is 12.5 Å². The van der Waals surface area contributed by atoms with Gasteiger partial charge in [0.25, 0.3) is 0 Å². The molecule has 0 bridgehead atoms. The summed E-state index contributed by atoms with van der Waals surface area (Å²) in [6, 6.07) is 16.1. The van der Waals surface area contributed by atoms with Crippen LogP contribution in [0.4, 0.5) is 4.79 Å². The Balaban J connectivity index is 1.51. The number of carboxylic acid groups (broad SMARTS) is 1. The number of ether oxygens (including phenoxy) is 1. The lowest BCUT2D eigenvalue weighted by atomic mass is 9.82. The molecule has 31 heavy (non-hydrogen) atoms. The zero-order valence-corrected chi connectivity index (χ0v) is 17.8. The van der Waals surface area contributed by atoms with Gasteiger partial charge in [-0.2, -0.15) is 0 Å². The summed E-state index contributed by atoms with van der Waals surface area (Å²) in [6.07, 6.45) is 0.116. The molecule has 164 valence electrons. The molecule has 0 heterocycles. The number of nitrogens with one attached hydrogen (secondary N) is 2. The van der Waals surface area contributed by atoms with Crippen LogP contribution in [0.15, 0.2) is 48.5 Å². The van der Waals surface area contributed by atoms with Crippen LogP contribution in [0, 0.1) is 5.41 Å². The third-order valence-corrected chi connectivity index (χ3v) is 6.17. The fourth-order valence-electron chi connectivity index (χ4n) is 4.01. The van der Waals surface area contributed by atoms with Crippen molar-refractivity contribution in [2.75, 3.05) is 19.7 Å². The molecule has 2 aromatic carbocycles. The van der Waals surface area contributed by atoms with Crippen LogP contribution < -0.4 is 10.6 Å². The Morgan fingerprint density at radius 3 is 2.00 bits per heavy atom. The lowest BCUT2D eigenvalue weighted by Crippen LogP contribution is -2.45. The molecule has 1 aliphatic carbocycles. The van der Waals surface area contributed by atoms with Gasteiger partial charge in [-0.25, -0.2) is 4.79 Å². The lowest BCUT2D eigenvalue weighted by Gasteiger charge is -2.26. The van der Waals surface area contributed by atoms with E-state index in [1.807, 2.05) is 36.4 Å². The molecule has 0 aliphatic heterocycles. The van der Waals surface area contributed by atoms with Gasteiger partial charge >= 0.3 is 12.1 Å². The highest BCUT2D eigenvalue weighted by Crippen LogP contribution is 2.44. The fraction of sp³-hybridized carbons (Fsp3) is 0.375. The topological polar surface area (TPSA) is 105 Å². The number of fused-ring (bicyclic) bond motifs is 3. The van der Waals surface area contributed by atoms with Crippen molar-refractivity contribution in [3.8, 4) is 11.1 Å². The second-order valence-corrected chi connectivity index (χ2v) is 7.75. The molecular formula is C24H28N2O5. The zero-order chi connectivity index (χ0) is 22.4. The molecular weight excluding hydrogens is 396 g/mol. The Morgan fingerprint density at radius 1 is 0.935 bits per heavy atom. The number of carbonyl (C=O) groups is 3.